The van der Waals surface area contributed by atoms with E-state index in [1.165, 1.54) is 0 Å². The minimum absolute atomic E-state index is 0.0140. The Labute approximate surface area is 76.3 Å². The third-order valence-electron chi connectivity index (χ3n) is 2.30. The quantitative estimate of drug-likeness (QED) is 0.683. The first-order valence-electron chi connectivity index (χ1n) is 4.28. The van der Waals surface area contributed by atoms with Crippen LogP contribution < -0.4 is 10.6 Å². The summed E-state index contributed by atoms with van der Waals surface area (Å²) in [5.41, 5.74) is 1.12. The number of urea groups is 1. The lowest BCUT2D eigenvalue weighted by Crippen LogP contribution is -2.21. The number of aryl methyl sites for hydroxylation is 2. The van der Waals surface area contributed by atoms with Gasteiger partial charge in [0, 0.05) is 6.54 Å². The maximum atomic E-state index is 10.9. The van der Waals surface area contributed by atoms with E-state index in [1.54, 1.807) is 0 Å². The van der Waals surface area contributed by atoms with Gasteiger partial charge in [0.05, 0.1) is 0 Å². The van der Waals surface area contributed by atoms with Crippen molar-refractivity contribution in [3.63, 3.8) is 0 Å². The molecule has 0 unspecified atom stereocenters. The van der Waals surface area contributed by atoms with Gasteiger partial charge in [-0.05, 0) is 25.5 Å². The summed E-state index contributed by atoms with van der Waals surface area (Å²) in [7, 11) is 0. The van der Waals surface area contributed by atoms with Gasteiger partial charge < -0.3 is 15.1 Å². The van der Waals surface area contributed by atoms with Crippen molar-refractivity contribution < 1.29 is 9.21 Å². The number of hydrogen-bond donors (Lipinski definition) is 2. The Kier molecular flexibility index (Phi) is 1.76. The molecule has 4 heteroatoms. The minimum Gasteiger partial charge on any atom is -0.464 e. The molecule has 0 aliphatic carbocycles. The van der Waals surface area contributed by atoms with Gasteiger partial charge in [0.1, 0.15) is 17.6 Å². The van der Waals surface area contributed by atoms with Crippen LogP contribution in [0, 0.1) is 13.8 Å². The van der Waals surface area contributed by atoms with E-state index >= 15 is 0 Å². The van der Waals surface area contributed by atoms with E-state index in [4.69, 9.17) is 4.42 Å². The second kappa shape index (κ2) is 2.80. The zero-order valence-electron chi connectivity index (χ0n) is 7.68. The number of amides is 2. The van der Waals surface area contributed by atoms with E-state index in [0.717, 1.165) is 17.1 Å². The molecule has 0 spiro atoms. The lowest BCUT2D eigenvalue weighted by atomic mass is 10.2. The Bertz CT molecular complexity index is 324. The highest BCUT2D eigenvalue weighted by atomic mass is 16.3. The summed E-state index contributed by atoms with van der Waals surface area (Å²) in [6.45, 7) is 4.51. The molecule has 0 bridgehead atoms. The highest BCUT2D eigenvalue weighted by molar-refractivity contribution is 5.76. The van der Waals surface area contributed by atoms with Gasteiger partial charge in [-0.15, -0.1) is 0 Å². The highest BCUT2D eigenvalue weighted by Crippen LogP contribution is 2.21. The largest absolute Gasteiger partial charge is 0.464 e. The summed E-state index contributed by atoms with van der Waals surface area (Å²) in [6, 6.07) is 1.82. The Morgan fingerprint density at radius 3 is 2.77 bits per heavy atom. The molecule has 70 valence electrons. The van der Waals surface area contributed by atoms with Crippen LogP contribution in [0.2, 0.25) is 0 Å². The van der Waals surface area contributed by atoms with Crippen LogP contribution in [0.3, 0.4) is 0 Å². The van der Waals surface area contributed by atoms with Crippen molar-refractivity contribution in [2.24, 2.45) is 0 Å². The molecule has 0 aromatic carbocycles. The van der Waals surface area contributed by atoms with E-state index in [9.17, 15) is 4.79 Å². The molecule has 1 atom stereocenters. The van der Waals surface area contributed by atoms with E-state index in [0.29, 0.717) is 6.54 Å². The van der Waals surface area contributed by atoms with Crippen LogP contribution in [0.15, 0.2) is 10.5 Å². The second-order valence-corrected chi connectivity index (χ2v) is 3.29. The molecule has 13 heavy (non-hydrogen) atoms. The van der Waals surface area contributed by atoms with Crippen molar-refractivity contribution >= 4 is 6.03 Å². The topological polar surface area (TPSA) is 54.3 Å². The van der Waals surface area contributed by atoms with Crippen LogP contribution in [0.25, 0.3) is 0 Å². The van der Waals surface area contributed by atoms with Crippen molar-refractivity contribution in [2.45, 2.75) is 19.9 Å². The van der Waals surface area contributed by atoms with Crippen LogP contribution in [0.1, 0.15) is 23.1 Å². The number of carbonyl (C=O) groups is 1. The van der Waals surface area contributed by atoms with Crippen molar-refractivity contribution in [2.75, 3.05) is 6.54 Å². The number of carbonyl (C=O) groups excluding carboxylic acids is 1. The number of nitrogens with one attached hydrogen (secondary N) is 2. The van der Waals surface area contributed by atoms with Crippen molar-refractivity contribution in [1.29, 1.82) is 0 Å². The number of hydrogen-bond acceptors (Lipinski definition) is 2. The maximum absolute atomic E-state index is 10.9. The Morgan fingerprint density at radius 2 is 2.31 bits per heavy atom. The molecule has 1 aromatic heterocycles. The molecule has 0 radical (unpaired) electrons. The average Bonchev–Trinajstić information content (AvgIpc) is 2.61. The molecule has 1 aliphatic rings. The van der Waals surface area contributed by atoms with Gasteiger partial charge in [0.25, 0.3) is 0 Å². The van der Waals surface area contributed by atoms with Gasteiger partial charge in [-0.25, -0.2) is 4.79 Å². The summed E-state index contributed by atoms with van der Waals surface area (Å²) in [6.07, 6.45) is 0. The van der Waals surface area contributed by atoms with Gasteiger partial charge >= 0.3 is 6.03 Å². The fourth-order valence-electron chi connectivity index (χ4n) is 1.40. The molecule has 4 nitrogen and oxygen atoms in total. The molecule has 2 heterocycles. The predicted molar refractivity (Wildman–Crippen MR) is 47.5 cm³/mol. The van der Waals surface area contributed by atoms with Crippen LogP contribution in [0.4, 0.5) is 4.79 Å². The smallest absolute Gasteiger partial charge is 0.315 e. The van der Waals surface area contributed by atoms with Crippen molar-refractivity contribution in [1.82, 2.24) is 10.6 Å². The van der Waals surface area contributed by atoms with Gasteiger partial charge in [-0.2, -0.15) is 0 Å². The molecule has 1 fully saturated rings. The zero-order chi connectivity index (χ0) is 9.42. The molecular formula is C9H12N2O2. The first kappa shape index (κ1) is 8.16. The van der Waals surface area contributed by atoms with Crippen molar-refractivity contribution in [3.05, 3.63) is 23.2 Å². The third kappa shape index (κ3) is 1.39. The summed E-state index contributed by atoms with van der Waals surface area (Å²) in [4.78, 5) is 10.9. The predicted octanol–water partition coefficient (Wildman–Crippen LogP) is 1.25. The molecule has 1 aliphatic heterocycles. The fourth-order valence-corrected chi connectivity index (χ4v) is 1.40. The summed E-state index contributed by atoms with van der Waals surface area (Å²) < 4.78 is 5.49. The molecular weight excluding hydrogens is 168 g/mol. The lowest BCUT2D eigenvalue weighted by molar-refractivity contribution is 0.247. The van der Waals surface area contributed by atoms with Gasteiger partial charge in [-0.3, -0.25) is 0 Å². The lowest BCUT2D eigenvalue weighted by Gasteiger charge is -2.02. The summed E-state index contributed by atoms with van der Waals surface area (Å²) in [5, 5.41) is 5.45. The Morgan fingerprint density at radius 1 is 1.54 bits per heavy atom. The Hall–Kier alpha value is -1.45. The monoisotopic (exact) mass is 180 g/mol. The van der Waals surface area contributed by atoms with E-state index < -0.39 is 0 Å². The molecule has 0 saturated carbocycles. The van der Waals surface area contributed by atoms with Crippen LogP contribution in [-0.2, 0) is 0 Å². The van der Waals surface area contributed by atoms with E-state index in [-0.39, 0.29) is 12.1 Å². The molecule has 2 amide bonds. The summed E-state index contributed by atoms with van der Waals surface area (Å²) >= 11 is 0. The van der Waals surface area contributed by atoms with Crippen molar-refractivity contribution in [3.8, 4) is 0 Å². The number of furan rings is 1. The number of rotatable bonds is 1. The van der Waals surface area contributed by atoms with Gasteiger partial charge in [-0.1, -0.05) is 0 Å². The van der Waals surface area contributed by atoms with E-state index in [1.807, 2.05) is 19.9 Å². The maximum Gasteiger partial charge on any atom is 0.315 e. The minimum atomic E-state index is -0.128. The Balaban J connectivity index is 2.21. The molecule has 1 aromatic rings. The third-order valence-corrected chi connectivity index (χ3v) is 2.30. The van der Waals surface area contributed by atoms with Crippen LogP contribution in [0.5, 0.6) is 0 Å². The SMILES string of the molecule is Cc1cc([C@@H]2CNC(=O)N2)oc1C. The van der Waals surface area contributed by atoms with E-state index in [2.05, 4.69) is 10.6 Å². The fraction of sp³-hybridized carbons (Fsp3) is 0.444. The normalized spacial score (nSPS) is 21.4. The standard InChI is InChI=1S/C9H12N2O2/c1-5-3-8(13-6(5)2)7-4-10-9(12)11-7/h3,7H,4H2,1-2H3,(H2,10,11,12)/t7-/m0/s1. The molecule has 1 saturated heterocycles. The second-order valence-electron chi connectivity index (χ2n) is 3.29. The van der Waals surface area contributed by atoms with Crippen LogP contribution in [-0.4, -0.2) is 12.6 Å². The van der Waals surface area contributed by atoms with Gasteiger partial charge in [0.15, 0.2) is 0 Å². The highest BCUT2D eigenvalue weighted by Gasteiger charge is 2.24. The first-order chi connectivity index (χ1) is 6.16. The summed E-state index contributed by atoms with van der Waals surface area (Å²) in [5.74, 6) is 1.74. The first-order valence-corrected chi connectivity index (χ1v) is 4.28. The zero-order valence-corrected chi connectivity index (χ0v) is 7.68. The van der Waals surface area contributed by atoms with Crippen LogP contribution >= 0.6 is 0 Å². The van der Waals surface area contributed by atoms with Gasteiger partial charge in [0.2, 0.25) is 0 Å². The average molecular weight is 180 g/mol. The molecule has 2 N–H and O–H groups in total. The molecule has 2 rings (SSSR count).